The van der Waals surface area contributed by atoms with E-state index in [1.54, 1.807) is 4.90 Å². The van der Waals surface area contributed by atoms with Gasteiger partial charge in [-0.25, -0.2) is 4.79 Å². The maximum Gasteiger partial charge on any atom is 0.321 e. The van der Waals surface area contributed by atoms with Crippen molar-refractivity contribution in [3.63, 3.8) is 0 Å². The number of nitrogens with zero attached hydrogens (tertiary/aromatic N) is 2. The molecule has 1 aromatic heterocycles. The highest BCUT2D eigenvalue weighted by Crippen LogP contribution is 2.36. The number of aryl methyl sites for hydroxylation is 1. The van der Waals surface area contributed by atoms with Crippen molar-refractivity contribution in [3.8, 4) is 11.1 Å². The molecule has 0 saturated carbocycles. The summed E-state index contributed by atoms with van der Waals surface area (Å²) >= 11 is 0. The summed E-state index contributed by atoms with van der Waals surface area (Å²) in [4.78, 5) is 31.0. The fourth-order valence-corrected chi connectivity index (χ4v) is 4.41. The molecule has 2 heterocycles. The van der Waals surface area contributed by atoms with Crippen LogP contribution < -0.4 is 16.8 Å². The number of hydrogen-bond acceptors (Lipinski definition) is 5. The van der Waals surface area contributed by atoms with E-state index in [-0.39, 0.29) is 19.1 Å². The summed E-state index contributed by atoms with van der Waals surface area (Å²) in [5, 5.41) is 12.4. The third-order valence-corrected chi connectivity index (χ3v) is 6.14. The van der Waals surface area contributed by atoms with Crippen LogP contribution in [-0.4, -0.2) is 40.1 Å². The number of carboxylic acids is 1. The molecule has 0 radical (unpaired) electrons. The van der Waals surface area contributed by atoms with Gasteiger partial charge in [-0.2, -0.15) is 0 Å². The van der Waals surface area contributed by atoms with Gasteiger partial charge in [0.15, 0.2) is 0 Å². The smallest absolute Gasteiger partial charge is 0.321 e. The molecule has 1 aromatic carbocycles. The highest BCUT2D eigenvalue weighted by molar-refractivity contribution is 5.96. The minimum absolute atomic E-state index is 0.198. The zero-order valence-corrected chi connectivity index (χ0v) is 19.7. The number of amides is 2. The first-order valence-corrected chi connectivity index (χ1v) is 11.6. The van der Waals surface area contributed by atoms with Gasteiger partial charge < -0.3 is 26.8 Å². The molecule has 0 spiro atoms. The van der Waals surface area contributed by atoms with Crippen LogP contribution in [-0.2, 0) is 24.3 Å². The van der Waals surface area contributed by atoms with Gasteiger partial charge in [0.2, 0.25) is 0 Å². The van der Waals surface area contributed by atoms with Crippen LogP contribution in [0.2, 0.25) is 0 Å². The Hall–Kier alpha value is -2.97. The Balaban J connectivity index is 2.05. The molecule has 2 amide bonds. The number of rotatable bonds is 7. The van der Waals surface area contributed by atoms with E-state index < -0.39 is 11.9 Å². The predicted octanol–water partition coefficient (Wildman–Crippen LogP) is 3.50. The van der Waals surface area contributed by atoms with Crippen molar-refractivity contribution in [2.45, 2.75) is 53.1 Å². The fourth-order valence-electron chi connectivity index (χ4n) is 4.41. The van der Waals surface area contributed by atoms with E-state index in [0.29, 0.717) is 43.2 Å². The average Bonchev–Trinajstić information content (AvgIpc) is 2.80. The van der Waals surface area contributed by atoms with Crippen molar-refractivity contribution in [1.29, 1.82) is 0 Å². The van der Waals surface area contributed by atoms with Gasteiger partial charge in [0.1, 0.15) is 0 Å². The Labute approximate surface area is 195 Å². The third kappa shape index (κ3) is 5.69. The van der Waals surface area contributed by atoms with Gasteiger partial charge in [-0.1, -0.05) is 38.1 Å². The number of nitrogens with one attached hydrogen (secondary N) is 1. The number of nitrogens with two attached hydrogens (primary N) is 2. The molecule has 8 heteroatoms. The highest BCUT2D eigenvalue weighted by atomic mass is 16.4. The molecule has 3 rings (SSSR count). The lowest BCUT2D eigenvalue weighted by molar-refractivity contribution is -0.143. The molecular formula is C25H35N5O3. The average molecular weight is 454 g/mol. The zero-order valence-electron chi connectivity index (χ0n) is 19.7. The number of likely N-dealkylation sites (tertiary alicyclic amines) is 1. The van der Waals surface area contributed by atoms with Gasteiger partial charge in [-0.3, -0.25) is 9.78 Å². The van der Waals surface area contributed by atoms with E-state index in [1.807, 2.05) is 31.2 Å². The van der Waals surface area contributed by atoms with Crippen LogP contribution in [0.4, 0.5) is 10.5 Å². The number of pyridine rings is 1. The summed E-state index contributed by atoms with van der Waals surface area (Å²) in [6.07, 6.45) is 2.03. The molecule has 1 unspecified atom stereocenters. The number of piperidine rings is 1. The Bertz CT molecular complexity index is 1000. The SMILES string of the molecule is Cc1nc(CC(C)C)c(CN)c(-c2ccc(CN)cc2)c1NC(=O)N1CCCC(C(=O)O)C1. The van der Waals surface area contributed by atoms with Gasteiger partial charge in [-0.15, -0.1) is 0 Å². The van der Waals surface area contributed by atoms with Crippen molar-refractivity contribution in [2.24, 2.45) is 23.3 Å². The number of hydrogen-bond donors (Lipinski definition) is 4. The van der Waals surface area contributed by atoms with Gasteiger partial charge >= 0.3 is 12.0 Å². The maximum absolute atomic E-state index is 13.2. The molecule has 0 bridgehead atoms. The largest absolute Gasteiger partial charge is 0.481 e. The molecule has 8 nitrogen and oxygen atoms in total. The second kappa shape index (κ2) is 10.8. The van der Waals surface area contributed by atoms with Crippen LogP contribution in [0.15, 0.2) is 24.3 Å². The molecule has 1 aliphatic rings. The number of urea groups is 1. The zero-order chi connectivity index (χ0) is 24.1. The lowest BCUT2D eigenvalue weighted by atomic mass is 9.92. The molecule has 178 valence electrons. The number of carbonyl (C=O) groups excluding carboxylic acids is 1. The summed E-state index contributed by atoms with van der Waals surface area (Å²) in [6.45, 7) is 7.61. The monoisotopic (exact) mass is 453 g/mol. The third-order valence-electron chi connectivity index (χ3n) is 6.14. The molecule has 1 aliphatic heterocycles. The van der Waals surface area contributed by atoms with Crippen molar-refractivity contribution in [2.75, 3.05) is 18.4 Å². The van der Waals surface area contributed by atoms with E-state index in [1.165, 1.54) is 0 Å². The topological polar surface area (TPSA) is 135 Å². The Morgan fingerprint density at radius 1 is 1.21 bits per heavy atom. The molecule has 1 fully saturated rings. The molecule has 2 aromatic rings. The Morgan fingerprint density at radius 3 is 2.48 bits per heavy atom. The molecule has 6 N–H and O–H groups in total. The Morgan fingerprint density at radius 2 is 1.91 bits per heavy atom. The van der Waals surface area contributed by atoms with Crippen molar-refractivity contribution in [1.82, 2.24) is 9.88 Å². The number of benzene rings is 1. The molecule has 1 saturated heterocycles. The first-order valence-electron chi connectivity index (χ1n) is 11.6. The maximum atomic E-state index is 13.2. The van der Waals surface area contributed by atoms with Crippen LogP contribution >= 0.6 is 0 Å². The van der Waals surface area contributed by atoms with E-state index in [0.717, 1.165) is 34.4 Å². The quantitative estimate of drug-likeness (QED) is 0.507. The summed E-state index contributed by atoms with van der Waals surface area (Å²) in [5.74, 6) is -1.01. The lowest BCUT2D eigenvalue weighted by Crippen LogP contribution is -2.44. The van der Waals surface area contributed by atoms with E-state index >= 15 is 0 Å². The normalized spacial score (nSPS) is 16.2. The van der Waals surface area contributed by atoms with Crippen molar-refractivity contribution in [3.05, 3.63) is 46.8 Å². The lowest BCUT2D eigenvalue weighted by Gasteiger charge is -2.31. The predicted molar refractivity (Wildman–Crippen MR) is 130 cm³/mol. The van der Waals surface area contributed by atoms with Crippen LogP contribution in [0.3, 0.4) is 0 Å². The summed E-state index contributed by atoms with van der Waals surface area (Å²) in [5.41, 5.74) is 18.0. The van der Waals surface area contributed by atoms with Gasteiger partial charge in [-0.05, 0) is 48.8 Å². The molecule has 33 heavy (non-hydrogen) atoms. The standard InChI is InChI=1S/C25H35N5O3/c1-15(2)11-21-20(13-27)22(18-8-6-17(12-26)7-9-18)23(16(3)28-21)29-25(33)30-10-4-5-19(14-30)24(31)32/h6-9,15,19H,4-5,10-14,26-27H2,1-3H3,(H,29,33)(H,31,32). The van der Waals surface area contributed by atoms with Crippen LogP contribution in [0, 0.1) is 18.8 Å². The van der Waals surface area contributed by atoms with E-state index in [4.69, 9.17) is 16.5 Å². The fraction of sp³-hybridized carbons (Fsp3) is 0.480. The molecule has 1 atom stereocenters. The number of anilines is 1. The summed E-state index contributed by atoms with van der Waals surface area (Å²) < 4.78 is 0. The number of aliphatic carboxylic acids is 1. The second-order valence-corrected chi connectivity index (χ2v) is 9.13. The summed E-state index contributed by atoms with van der Waals surface area (Å²) in [7, 11) is 0. The molecular weight excluding hydrogens is 418 g/mol. The van der Waals surface area contributed by atoms with Crippen LogP contribution in [0.25, 0.3) is 11.1 Å². The number of carboxylic acid groups (broad SMARTS) is 1. The van der Waals surface area contributed by atoms with Crippen LogP contribution in [0.5, 0.6) is 0 Å². The number of aromatic nitrogens is 1. The first-order chi connectivity index (χ1) is 15.7. The summed E-state index contributed by atoms with van der Waals surface area (Å²) in [6, 6.07) is 7.62. The van der Waals surface area contributed by atoms with Gasteiger partial charge in [0, 0.05) is 37.4 Å². The molecule has 0 aliphatic carbocycles. The van der Waals surface area contributed by atoms with Gasteiger partial charge in [0.25, 0.3) is 0 Å². The minimum Gasteiger partial charge on any atom is -0.481 e. The van der Waals surface area contributed by atoms with E-state index in [2.05, 4.69) is 19.2 Å². The second-order valence-electron chi connectivity index (χ2n) is 9.13. The minimum atomic E-state index is -0.866. The highest BCUT2D eigenvalue weighted by Gasteiger charge is 2.29. The van der Waals surface area contributed by atoms with Crippen molar-refractivity contribution < 1.29 is 14.7 Å². The number of carbonyl (C=O) groups is 2. The van der Waals surface area contributed by atoms with Crippen molar-refractivity contribution >= 4 is 17.7 Å². The first kappa shape index (κ1) is 24.7. The van der Waals surface area contributed by atoms with Gasteiger partial charge in [0.05, 0.1) is 17.3 Å². The van der Waals surface area contributed by atoms with E-state index in [9.17, 15) is 14.7 Å². The Kier molecular flexibility index (Phi) is 8.05. The van der Waals surface area contributed by atoms with Crippen LogP contribution in [0.1, 0.15) is 49.2 Å².